The summed E-state index contributed by atoms with van der Waals surface area (Å²) in [5, 5.41) is 10.2. The van der Waals surface area contributed by atoms with Crippen molar-refractivity contribution < 1.29 is 4.92 Å². The zero-order valence-electron chi connectivity index (χ0n) is 7.94. The average molecular weight is 183 g/mol. The number of anilines is 1. The molecule has 0 atom stereocenters. The van der Waals surface area contributed by atoms with E-state index in [9.17, 15) is 10.1 Å². The Morgan fingerprint density at radius 1 is 1.54 bits per heavy atom. The Morgan fingerprint density at radius 2 is 2.08 bits per heavy atom. The molecule has 72 valence electrons. The van der Waals surface area contributed by atoms with Crippen molar-refractivity contribution in [3.63, 3.8) is 0 Å². The SMILES string of the molecule is CC.Cc1ncc([N+](=O)[O-])cc1N. The molecule has 0 amide bonds. The summed E-state index contributed by atoms with van der Waals surface area (Å²) in [5.74, 6) is 0. The molecule has 5 heteroatoms. The maximum absolute atomic E-state index is 10.2. The second-order valence-electron chi connectivity index (χ2n) is 2.13. The van der Waals surface area contributed by atoms with E-state index in [4.69, 9.17) is 5.73 Å². The van der Waals surface area contributed by atoms with Gasteiger partial charge in [0.15, 0.2) is 0 Å². The van der Waals surface area contributed by atoms with Crippen LogP contribution in [0.4, 0.5) is 11.4 Å². The summed E-state index contributed by atoms with van der Waals surface area (Å²) in [5.41, 5.74) is 6.27. The van der Waals surface area contributed by atoms with Gasteiger partial charge in [0.25, 0.3) is 5.69 Å². The molecule has 0 radical (unpaired) electrons. The molecule has 0 aliphatic heterocycles. The van der Waals surface area contributed by atoms with E-state index in [1.54, 1.807) is 6.92 Å². The number of nitro groups is 1. The summed E-state index contributed by atoms with van der Waals surface area (Å²) in [7, 11) is 0. The third kappa shape index (κ3) is 3.06. The summed E-state index contributed by atoms with van der Waals surface area (Å²) >= 11 is 0. The molecule has 0 aliphatic carbocycles. The Labute approximate surface area is 76.7 Å². The minimum Gasteiger partial charge on any atom is -0.397 e. The molecule has 13 heavy (non-hydrogen) atoms. The predicted molar refractivity (Wildman–Crippen MR) is 51.4 cm³/mol. The van der Waals surface area contributed by atoms with Gasteiger partial charge in [0.05, 0.1) is 16.3 Å². The number of hydrogen-bond donors (Lipinski definition) is 1. The molecule has 1 rings (SSSR count). The molecule has 0 fully saturated rings. The van der Waals surface area contributed by atoms with E-state index in [2.05, 4.69) is 4.98 Å². The van der Waals surface area contributed by atoms with Crippen LogP contribution in [0, 0.1) is 17.0 Å². The topological polar surface area (TPSA) is 82.0 Å². The van der Waals surface area contributed by atoms with Gasteiger partial charge in [0, 0.05) is 6.07 Å². The van der Waals surface area contributed by atoms with Crippen LogP contribution in [-0.4, -0.2) is 9.91 Å². The molecule has 1 aromatic rings. The maximum Gasteiger partial charge on any atom is 0.289 e. The molecular weight excluding hydrogens is 170 g/mol. The van der Waals surface area contributed by atoms with Crippen molar-refractivity contribution in [3.05, 3.63) is 28.1 Å². The van der Waals surface area contributed by atoms with Gasteiger partial charge in [-0.25, -0.2) is 0 Å². The Bertz CT molecular complexity index is 299. The van der Waals surface area contributed by atoms with Gasteiger partial charge in [-0.1, -0.05) is 13.8 Å². The first kappa shape index (κ1) is 11.4. The Balaban J connectivity index is 0.000000671. The number of aryl methyl sites for hydroxylation is 1. The van der Waals surface area contributed by atoms with Gasteiger partial charge in [-0.3, -0.25) is 15.1 Å². The minimum absolute atomic E-state index is 0.0758. The van der Waals surface area contributed by atoms with E-state index in [1.807, 2.05) is 13.8 Å². The fourth-order valence-electron chi connectivity index (χ4n) is 0.638. The van der Waals surface area contributed by atoms with E-state index in [-0.39, 0.29) is 5.69 Å². The van der Waals surface area contributed by atoms with Crippen LogP contribution < -0.4 is 5.73 Å². The molecule has 0 spiro atoms. The second-order valence-corrected chi connectivity index (χ2v) is 2.13. The molecule has 0 bridgehead atoms. The number of rotatable bonds is 1. The summed E-state index contributed by atoms with van der Waals surface area (Å²) < 4.78 is 0. The van der Waals surface area contributed by atoms with E-state index >= 15 is 0 Å². The first-order valence-electron chi connectivity index (χ1n) is 3.98. The lowest BCUT2D eigenvalue weighted by Crippen LogP contribution is -1.95. The highest BCUT2D eigenvalue weighted by Crippen LogP contribution is 2.15. The van der Waals surface area contributed by atoms with Gasteiger partial charge in [0.2, 0.25) is 0 Å². The van der Waals surface area contributed by atoms with Crippen LogP contribution in [0.25, 0.3) is 0 Å². The van der Waals surface area contributed by atoms with Crippen molar-refractivity contribution in [1.29, 1.82) is 0 Å². The minimum atomic E-state index is -0.525. The maximum atomic E-state index is 10.2. The number of nitrogens with two attached hydrogens (primary N) is 1. The fourth-order valence-corrected chi connectivity index (χ4v) is 0.638. The van der Waals surface area contributed by atoms with Gasteiger partial charge in [0.1, 0.15) is 6.20 Å². The Hall–Kier alpha value is -1.65. The summed E-state index contributed by atoms with van der Waals surface area (Å²) in [6.45, 7) is 5.69. The molecule has 1 aromatic heterocycles. The van der Waals surface area contributed by atoms with Crippen LogP contribution in [0.2, 0.25) is 0 Å². The lowest BCUT2D eigenvalue weighted by atomic mass is 10.3. The summed E-state index contributed by atoms with van der Waals surface area (Å²) in [6.07, 6.45) is 1.19. The van der Waals surface area contributed by atoms with Gasteiger partial charge < -0.3 is 5.73 Å². The molecule has 1 heterocycles. The van der Waals surface area contributed by atoms with Crippen LogP contribution in [0.3, 0.4) is 0 Å². The molecule has 0 unspecified atom stereocenters. The molecule has 0 aromatic carbocycles. The van der Waals surface area contributed by atoms with E-state index in [0.29, 0.717) is 11.4 Å². The zero-order valence-corrected chi connectivity index (χ0v) is 7.94. The third-order valence-corrected chi connectivity index (χ3v) is 1.32. The monoisotopic (exact) mass is 183 g/mol. The van der Waals surface area contributed by atoms with Crippen LogP contribution in [0.1, 0.15) is 19.5 Å². The number of hydrogen-bond acceptors (Lipinski definition) is 4. The molecule has 2 N–H and O–H groups in total. The van der Waals surface area contributed by atoms with Gasteiger partial charge in [-0.15, -0.1) is 0 Å². The zero-order chi connectivity index (χ0) is 10.4. The normalized spacial score (nSPS) is 8.54. The Kier molecular flexibility index (Phi) is 4.43. The highest BCUT2D eigenvalue weighted by Gasteiger charge is 2.06. The van der Waals surface area contributed by atoms with Crippen molar-refractivity contribution in [1.82, 2.24) is 4.98 Å². The average Bonchev–Trinajstić information content (AvgIpc) is 2.13. The predicted octanol–water partition coefficient (Wildman–Crippen LogP) is 1.91. The van der Waals surface area contributed by atoms with Crippen LogP contribution >= 0.6 is 0 Å². The molecule has 0 saturated carbocycles. The van der Waals surface area contributed by atoms with Gasteiger partial charge in [-0.2, -0.15) is 0 Å². The number of pyridine rings is 1. The molecule has 5 nitrogen and oxygen atoms in total. The number of nitrogens with zero attached hydrogens (tertiary/aromatic N) is 2. The largest absolute Gasteiger partial charge is 0.397 e. The highest BCUT2D eigenvalue weighted by molar-refractivity contribution is 5.48. The van der Waals surface area contributed by atoms with Crippen molar-refractivity contribution in [3.8, 4) is 0 Å². The van der Waals surface area contributed by atoms with Crippen molar-refractivity contribution in [2.75, 3.05) is 5.73 Å². The van der Waals surface area contributed by atoms with E-state index < -0.39 is 4.92 Å². The van der Waals surface area contributed by atoms with Crippen molar-refractivity contribution in [2.45, 2.75) is 20.8 Å². The Morgan fingerprint density at radius 3 is 2.46 bits per heavy atom. The lowest BCUT2D eigenvalue weighted by Gasteiger charge is -1.96. The quantitative estimate of drug-likeness (QED) is 0.532. The summed E-state index contributed by atoms with van der Waals surface area (Å²) in [4.78, 5) is 13.4. The number of aromatic nitrogens is 1. The van der Waals surface area contributed by atoms with Gasteiger partial charge in [-0.05, 0) is 6.92 Å². The van der Waals surface area contributed by atoms with E-state index in [0.717, 1.165) is 0 Å². The lowest BCUT2D eigenvalue weighted by molar-refractivity contribution is -0.385. The standard InChI is InChI=1S/C6H7N3O2.C2H6/c1-4-6(7)2-5(3-8-4)9(10)11;1-2/h2-3H,7H2,1H3;1-2H3. The molecular formula is C8H13N3O2. The molecule has 0 aliphatic rings. The summed E-state index contributed by atoms with van der Waals surface area (Å²) in [6, 6.07) is 1.29. The van der Waals surface area contributed by atoms with Gasteiger partial charge >= 0.3 is 0 Å². The van der Waals surface area contributed by atoms with Crippen LogP contribution in [-0.2, 0) is 0 Å². The second kappa shape index (κ2) is 5.08. The van der Waals surface area contributed by atoms with Crippen molar-refractivity contribution in [2.24, 2.45) is 0 Å². The van der Waals surface area contributed by atoms with Crippen LogP contribution in [0.5, 0.6) is 0 Å². The highest BCUT2D eigenvalue weighted by atomic mass is 16.6. The van der Waals surface area contributed by atoms with E-state index in [1.165, 1.54) is 12.3 Å². The van der Waals surface area contributed by atoms with Crippen molar-refractivity contribution >= 4 is 11.4 Å². The first-order valence-corrected chi connectivity index (χ1v) is 3.98. The smallest absolute Gasteiger partial charge is 0.289 e. The molecule has 0 saturated heterocycles. The fraction of sp³-hybridized carbons (Fsp3) is 0.375. The first-order chi connectivity index (χ1) is 6.11. The third-order valence-electron chi connectivity index (χ3n) is 1.32. The van der Waals surface area contributed by atoms with Crippen LogP contribution in [0.15, 0.2) is 12.3 Å². The number of nitrogen functional groups attached to an aromatic ring is 1.